The van der Waals surface area contributed by atoms with Gasteiger partial charge in [0.05, 0.1) is 18.2 Å². The zero-order valence-corrected chi connectivity index (χ0v) is 34.8. The highest BCUT2D eigenvalue weighted by Crippen LogP contribution is 2.22. The minimum absolute atomic E-state index is 0.0575. The SMILES string of the molecule is CC(C)C[C@H](N)C(=O)N[C@H](C(=O)N1CCC[C@H]1C(=O)N[C@@H](CCC(=O)O)C(=O)N[C@H](C(=O)N[C@@H](Cc1c[nH]c2ccccc12)C(=O)N[C@H](C(=O)O)C(C)C)[C@@H](C)O)[C@@H](C)O. The molecule has 2 heterocycles. The Labute approximate surface area is 347 Å². The summed E-state index contributed by atoms with van der Waals surface area (Å²) in [6.07, 6.45) is -1.81. The molecule has 6 amide bonds. The van der Waals surface area contributed by atoms with E-state index in [2.05, 4.69) is 31.6 Å². The maximum absolute atomic E-state index is 13.8. The lowest BCUT2D eigenvalue weighted by Gasteiger charge is -2.31. The summed E-state index contributed by atoms with van der Waals surface area (Å²) in [7, 11) is 0. The molecule has 1 aliphatic rings. The fourth-order valence-corrected chi connectivity index (χ4v) is 6.97. The number of rotatable bonds is 22. The summed E-state index contributed by atoms with van der Waals surface area (Å²) in [5, 5.41) is 53.3. The van der Waals surface area contributed by atoms with Gasteiger partial charge in [0, 0.05) is 36.5 Å². The van der Waals surface area contributed by atoms with Crippen molar-refractivity contribution in [1.29, 1.82) is 0 Å². The quantitative estimate of drug-likeness (QED) is 0.0669. The highest BCUT2D eigenvalue weighted by atomic mass is 16.4. The first kappa shape index (κ1) is 48.8. The highest BCUT2D eigenvalue weighted by molar-refractivity contribution is 5.98. The molecule has 0 aliphatic carbocycles. The Morgan fingerprint density at radius 3 is 1.97 bits per heavy atom. The first-order valence-corrected chi connectivity index (χ1v) is 20.1. The monoisotopic (exact) mass is 844 g/mol. The number of carboxylic acids is 2. The molecule has 332 valence electrons. The average molecular weight is 845 g/mol. The summed E-state index contributed by atoms with van der Waals surface area (Å²) in [5.74, 6) is -8.38. The van der Waals surface area contributed by atoms with Crippen LogP contribution in [0.2, 0.25) is 0 Å². The van der Waals surface area contributed by atoms with Gasteiger partial charge in [0.1, 0.15) is 36.3 Å². The molecule has 0 bridgehead atoms. The molecule has 1 aliphatic heterocycles. The van der Waals surface area contributed by atoms with Gasteiger partial charge in [-0.3, -0.25) is 33.6 Å². The minimum atomic E-state index is -1.76. The Kier molecular flexibility index (Phi) is 18.0. The third kappa shape index (κ3) is 13.5. The van der Waals surface area contributed by atoms with E-state index in [1.165, 1.54) is 13.8 Å². The first-order valence-electron chi connectivity index (χ1n) is 20.1. The molecule has 0 radical (unpaired) electrons. The molecule has 3 rings (SSSR count). The number of carbonyl (C=O) groups excluding carboxylic acids is 6. The van der Waals surface area contributed by atoms with Crippen LogP contribution in [0.15, 0.2) is 30.5 Å². The van der Waals surface area contributed by atoms with E-state index in [1.807, 2.05) is 13.8 Å². The molecule has 20 nitrogen and oxygen atoms in total. The van der Waals surface area contributed by atoms with E-state index in [4.69, 9.17) is 5.73 Å². The predicted molar refractivity (Wildman–Crippen MR) is 217 cm³/mol. The number of aliphatic hydroxyl groups is 2. The molecule has 1 saturated heterocycles. The second-order valence-corrected chi connectivity index (χ2v) is 16.1. The predicted octanol–water partition coefficient (Wildman–Crippen LogP) is -1.13. The van der Waals surface area contributed by atoms with Gasteiger partial charge < -0.3 is 62.6 Å². The highest BCUT2D eigenvalue weighted by Gasteiger charge is 2.41. The van der Waals surface area contributed by atoms with Gasteiger partial charge in [-0.1, -0.05) is 45.9 Å². The number of aromatic amines is 1. The number of nitrogens with one attached hydrogen (secondary N) is 6. The van der Waals surface area contributed by atoms with Crippen LogP contribution in [-0.4, -0.2) is 139 Å². The van der Waals surface area contributed by atoms with Gasteiger partial charge in [-0.25, -0.2) is 4.79 Å². The van der Waals surface area contributed by atoms with E-state index in [0.29, 0.717) is 18.4 Å². The number of nitrogens with zero attached hydrogens (tertiary/aromatic N) is 1. The van der Waals surface area contributed by atoms with Crippen LogP contribution >= 0.6 is 0 Å². The molecule has 1 aromatic carbocycles. The van der Waals surface area contributed by atoms with Gasteiger partial charge >= 0.3 is 11.9 Å². The molecule has 12 N–H and O–H groups in total. The number of aliphatic carboxylic acids is 2. The third-order valence-electron chi connectivity index (χ3n) is 10.3. The molecular weight excluding hydrogens is 784 g/mol. The van der Waals surface area contributed by atoms with E-state index in [0.717, 1.165) is 15.8 Å². The minimum Gasteiger partial charge on any atom is -0.481 e. The Morgan fingerprint density at radius 1 is 0.783 bits per heavy atom. The largest absolute Gasteiger partial charge is 0.481 e. The van der Waals surface area contributed by atoms with Crippen molar-refractivity contribution in [2.24, 2.45) is 17.6 Å². The molecule has 1 aromatic heterocycles. The van der Waals surface area contributed by atoms with Crippen molar-refractivity contribution in [3.8, 4) is 0 Å². The number of carboxylic acid groups (broad SMARTS) is 2. The molecule has 0 spiro atoms. The number of para-hydroxylation sites is 1. The van der Waals surface area contributed by atoms with Crippen LogP contribution in [0.3, 0.4) is 0 Å². The van der Waals surface area contributed by atoms with Crippen molar-refractivity contribution in [3.63, 3.8) is 0 Å². The van der Waals surface area contributed by atoms with Crippen LogP contribution in [0, 0.1) is 11.8 Å². The van der Waals surface area contributed by atoms with Crippen LogP contribution in [0.4, 0.5) is 0 Å². The summed E-state index contributed by atoms with van der Waals surface area (Å²) in [5.41, 5.74) is 7.30. The Bertz CT molecular complexity index is 1860. The summed E-state index contributed by atoms with van der Waals surface area (Å²) >= 11 is 0. The summed E-state index contributed by atoms with van der Waals surface area (Å²) in [4.78, 5) is 109. The number of hydrogen-bond acceptors (Lipinski definition) is 11. The summed E-state index contributed by atoms with van der Waals surface area (Å²) in [6, 6.07) is -2.57. The third-order valence-corrected chi connectivity index (χ3v) is 10.3. The van der Waals surface area contributed by atoms with Crippen LogP contribution in [0.1, 0.15) is 79.2 Å². The number of carbonyl (C=O) groups is 8. The summed E-state index contributed by atoms with van der Waals surface area (Å²) in [6.45, 7) is 9.42. The fourth-order valence-electron chi connectivity index (χ4n) is 6.97. The van der Waals surface area contributed by atoms with Crippen molar-refractivity contribution in [1.82, 2.24) is 36.5 Å². The number of fused-ring (bicyclic) bond motifs is 1. The Morgan fingerprint density at radius 2 is 1.38 bits per heavy atom. The molecular formula is C40H60N8O12. The lowest BCUT2D eigenvalue weighted by molar-refractivity contribution is -0.145. The fraction of sp³-hybridized carbons (Fsp3) is 0.600. The Balaban J connectivity index is 1.84. The van der Waals surface area contributed by atoms with Crippen molar-refractivity contribution in [2.45, 2.75) is 135 Å². The first-order chi connectivity index (χ1) is 28.1. The molecule has 0 saturated carbocycles. The van der Waals surface area contributed by atoms with Crippen LogP contribution < -0.4 is 32.3 Å². The van der Waals surface area contributed by atoms with E-state index in [-0.39, 0.29) is 25.3 Å². The number of aliphatic hydroxyl groups excluding tert-OH is 2. The molecule has 9 atom stereocenters. The number of aromatic nitrogens is 1. The van der Waals surface area contributed by atoms with Crippen molar-refractivity contribution in [3.05, 3.63) is 36.0 Å². The standard InChI is InChI=1S/C40H60N8O12/c1-19(2)16-25(41)34(53)47-33(22(6)50)39(58)48-15-9-12-29(48)37(56)43-27(13-14-30(51)52)35(54)46-32(21(5)49)38(57)44-28(36(55)45-31(20(3)4)40(59)60)17-23-18-42-26-11-8-7-10-24(23)26/h7-8,10-11,18-22,25,27-29,31-33,42,49-50H,9,12-17,41H2,1-6H3,(H,43,56)(H,44,57)(H,45,55)(H,46,54)(H,47,53)(H,51,52)(H,59,60)/t21-,22-,25+,27+,28+,29+,31+,32+,33+/m1/s1. The summed E-state index contributed by atoms with van der Waals surface area (Å²) < 4.78 is 0. The maximum Gasteiger partial charge on any atom is 0.326 e. The van der Waals surface area contributed by atoms with Crippen LogP contribution in [-0.2, 0) is 44.8 Å². The van der Waals surface area contributed by atoms with Gasteiger partial charge in [-0.2, -0.15) is 0 Å². The van der Waals surface area contributed by atoms with Gasteiger partial charge in [0.25, 0.3) is 0 Å². The van der Waals surface area contributed by atoms with E-state index >= 15 is 0 Å². The molecule has 20 heteroatoms. The van der Waals surface area contributed by atoms with Crippen LogP contribution in [0.25, 0.3) is 10.9 Å². The van der Waals surface area contributed by atoms with Gasteiger partial charge in [-0.05, 0) is 63.0 Å². The van der Waals surface area contributed by atoms with E-state index < -0.39 is 121 Å². The maximum atomic E-state index is 13.8. The van der Waals surface area contributed by atoms with Gasteiger partial charge in [0.15, 0.2) is 0 Å². The number of nitrogens with two attached hydrogens (primary N) is 1. The molecule has 2 aromatic rings. The van der Waals surface area contributed by atoms with Crippen LogP contribution in [0.5, 0.6) is 0 Å². The number of likely N-dealkylation sites (tertiary alicyclic amines) is 1. The zero-order chi connectivity index (χ0) is 45.0. The van der Waals surface area contributed by atoms with Gasteiger partial charge in [-0.15, -0.1) is 0 Å². The zero-order valence-electron chi connectivity index (χ0n) is 34.8. The lowest BCUT2D eigenvalue weighted by atomic mass is 10.0. The smallest absolute Gasteiger partial charge is 0.326 e. The normalized spacial score (nSPS) is 18.1. The number of hydrogen-bond donors (Lipinski definition) is 11. The van der Waals surface area contributed by atoms with Crippen molar-refractivity contribution >= 4 is 58.3 Å². The second kappa shape index (κ2) is 22.1. The van der Waals surface area contributed by atoms with E-state index in [1.54, 1.807) is 44.3 Å². The number of benzene rings is 1. The Hall–Kier alpha value is -5.60. The topological polar surface area (TPSA) is 323 Å². The average Bonchev–Trinajstić information content (AvgIpc) is 3.82. The molecule has 1 fully saturated rings. The van der Waals surface area contributed by atoms with Crippen molar-refractivity contribution < 1.29 is 58.8 Å². The van der Waals surface area contributed by atoms with E-state index in [9.17, 15) is 58.8 Å². The van der Waals surface area contributed by atoms with Crippen molar-refractivity contribution in [2.75, 3.05) is 6.54 Å². The lowest BCUT2D eigenvalue weighted by Crippen LogP contribution is -2.62. The number of amides is 6. The second-order valence-electron chi connectivity index (χ2n) is 16.1. The molecule has 0 unspecified atom stereocenters. The van der Waals surface area contributed by atoms with Gasteiger partial charge in [0.2, 0.25) is 35.4 Å². The molecule has 60 heavy (non-hydrogen) atoms. The number of H-pyrrole nitrogens is 1.